The smallest absolute Gasteiger partial charge is 0.329 e. The zero-order chi connectivity index (χ0) is 23.3. The summed E-state index contributed by atoms with van der Waals surface area (Å²) in [5.74, 6) is 0.500. The highest BCUT2D eigenvalue weighted by atomic mass is 16.5. The highest BCUT2D eigenvalue weighted by Gasteiger charge is 2.19. The van der Waals surface area contributed by atoms with Gasteiger partial charge in [0.05, 0.1) is 17.6 Å². The fraction of sp³-hybridized carbons (Fsp3) is 0.417. The molecule has 3 aromatic rings. The van der Waals surface area contributed by atoms with E-state index in [1.807, 2.05) is 45.0 Å². The maximum absolute atomic E-state index is 12.9. The van der Waals surface area contributed by atoms with E-state index in [2.05, 4.69) is 15.3 Å². The monoisotopic (exact) mass is 438 g/mol. The standard InChI is InChI=1S/C24H30N4O4/c1-5-28-21-20(23(30)27-24(28)31)18(14-19(26-21)15(2)3)22(29)25-12-6-7-13-32-17-10-8-16(4)9-11-17/h8-11,14-15H,5-7,12-13H2,1-4H3,(H,25,29)(H,27,30,31). The third-order valence-electron chi connectivity index (χ3n) is 5.27. The van der Waals surface area contributed by atoms with Crippen molar-refractivity contribution in [3.8, 4) is 5.75 Å². The number of nitrogens with one attached hydrogen (secondary N) is 2. The lowest BCUT2D eigenvalue weighted by Crippen LogP contribution is -2.33. The normalized spacial score (nSPS) is 11.2. The summed E-state index contributed by atoms with van der Waals surface area (Å²) in [5, 5.41) is 3.02. The van der Waals surface area contributed by atoms with E-state index < -0.39 is 11.2 Å². The number of ether oxygens (including phenoxy) is 1. The zero-order valence-electron chi connectivity index (χ0n) is 19.0. The molecule has 8 nitrogen and oxygen atoms in total. The average molecular weight is 439 g/mol. The Labute approximate surface area is 186 Å². The molecule has 0 radical (unpaired) electrons. The minimum Gasteiger partial charge on any atom is -0.494 e. The zero-order valence-corrected chi connectivity index (χ0v) is 19.0. The van der Waals surface area contributed by atoms with Crippen molar-refractivity contribution in [1.29, 1.82) is 0 Å². The number of aryl methyl sites for hydroxylation is 2. The van der Waals surface area contributed by atoms with E-state index in [1.165, 1.54) is 10.1 Å². The number of nitrogens with zero attached hydrogens (tertiary/aromatic N) is 2. The van der Waals surface area contributed by atoms with Gasteiger partial charge in [0.1, 0.15) is 5.75 Å². The number of H-pyrrole nitrogens is 1. The number of aromatic nitrogens is 3. The van der Waals surface area contributed by atoms with Gasteiger partial charge in [-0.2, -0.15) is 0 Å². The lowest BCUT2D eigenvalue weighted by atomic mass is 10.0. The van der Waals surface area contributed by atoms with E-state index in [-0.39, 0.29) is 28.4 Å². The first-order valence-electron chi connectivity index (χ1n) is 11.0. The molecule has 8 heteroatoms. The van der Waals surface area contributed by atoms with Gasteiger partial charge >= 0.3 is 5.69 Å². The molecule has 2 heterocycles. The maximum Gasteiger partial charge on any atom is 0.329 e. The molecular weight excluding hydrogens is 408 g/mol. The van der Waals surface area contributed by atoms with Gasteiger partial charge in [0.25, 0.3) is 11.5 Å². The van der Waals surface area contributed by atoms with Crippen LogP contribution < -0.4 is 21.3 Å². The molecule has 32 heavy (non-hydrogen) atoms. The molecule has 0 aliphatic rings. The summed E-state index contributed by atoms with van der Waals surface area (Å²) in [6, 6.07) is 9.51. The van der Waals surface area contributed by atoms with Gasteiger partial charge in [-0.3, -0.25) is 19.1 Å². The van der Waals surface area contributed by atoms with Crippen LogP contribution in [-0.2, 0) is 6.54 Å². The number of pyridine rings is 1. The van der Waals surface area contributed by atoms with Gasteiger partial charge in [0, 0.05) is 18.8 Å². The van der Waals surface area contributed by atoms with Crippen LogP contribution in [0.15, 0.2) is 39.9 Å². The van der Waals surface area contributed by atoms with E-state index >= 15 is 0 Å². The van der Waals surface area contributed by atoms with Crippen LogP contribution in [0.25, 0.3) is 11.0 Å². The quantitative estimate of drug-likeness (QED) is 0.499. The molecule has 2 aromatic heterocycles. The topological polar surface area (TPSA) is 106 Å². The van der Waals surface area contributed by atoms with E-state index in [4.69, 9.17) is 4.74 Å². The number of hydrogen-bond acceptors (Lipinski definition) is 5. The van der Waals surface area contributed by atoms with Gasteiger partial charge in [-0.25, -0.2) is 9.78 Å². The second kappa shape index (κ2) is 10.3. The number of benzene rings is 1. The number of unbranched alkanes of at least 4 members (excludes halogenated alkanes) is 1. The number of rotatable bonds is 9. The van der Waals surface area contributed by atoms with Crippen LogP contribution in [0.2, 0.25) is 0 Å². The van der Waals surface area contributed by atoms with Crippen molar-refractivity contribution in [3.05, 3.63) is 68.0 Å². The molecule has 0 aliphatic heterocycles. The molecule has 0 fully saturated rings. The Hall–Kier alpha value is -3.42. The molecule has 0 bridgehead atoms. The highest BCUT2D eigenvalue weighted by Crippen LogP contribution is 2.19. The first-order valence-corrected chi connectivity index (χ1v) is 11.0. The Morgan fingerprint density at radius 1 is 1.19 bits per heavy atom. The van der Waals surface area contributed by atoms with Crippen LogP contribution in [-0.4, -0.2) is 33.6 Å². The minimum atomic E-state index is -0.603. The number of hydrogen-bond donors (Lipinski definition) is 2. The van der Waals surface area contributed by atoms with E-state index in [0.717, 1.165) is 18.6 Å². The summed E-state index contributed by atoms with van der Waals surface area (Å²) in [5.41, 5.74) is 1.18. The maximum atomic E-state index is 12.9. The van der Waals surface area contributed by atoms with Crippen LogP contribution in [0.4, 0.5) is 0 Å². The number of fused-ring (bicyclic) bond motifs is 1. The lowest BCUT2D eigenvalue weighted by Gasteiger charge is -2.14. The molecular formula is C24H30N4O4. The number of aromatic amines is 1. The fourth-order valence-corrected chi connectivity index (χ4v) is 3.41. The van der Waals surface area contributed by atoms with Crippen LogP contribution in [0, 0.1) is 6.92 Å². The van der Waals surface area contributed by atoms with Crippen molar-refractivity contribution in [2.75, 3.05) is 13.2 Å². The first kappa shape index (κ1) is 23.2. The van der Waals surface area contributed by atoms with Crippen molar-refractivity contribution in [2.24, 2.45) is 0 Å². The van der Waals surface area contributed by atoms with Gasteiger partial charge < -0.3 is 10.1 Å². The first-order chi connectivity index (χ1) is 15.3. The van der Waals surface area contributed by atoms with Crippen LogP contribution >= 0.6 is 0 Å². The van der Waals surface area contributed by atoms with Gasteiger partial charge in [-0.05, 0) is 50.8 Å². The van der Waals surface area contributed by atoms with E-state index in [9.17, 15) is 14.4 Å². The van der Waals surface area contributed by atoms with Crippen LogP contribution in [0.3, 0.4) is 0 Å². The summed E-state index contributed by atoms with van der Waals surface area (Å²) in [6.07, 6.45) is 1.51. The second-order valence-corrected chi connectivity index (χ2v) is 8.08. The third kappa shape index (κ3) is 5.25. The third-order valence-corrected chi connectivity index (χ3v) is 5.27. The molecule has 170 valence electrons. The van der Waals surface area contributed by atoms with E-state index in [1.54, 1.807) is 13.0 Å². The average Bonchev–Trinajstić information content (AvgIpc) is 2.76. The highest BCUT2D eigenvalue weighted by molar-refractivity contribution is 6.05. The summed E-state index contributed by atoms with van der Waals surface area (Å²) >= 11 is 0. The largest absolute Gasteiger partial charge is 0.494 e. The lowest BCUT2D eigenvalue weighted by molar-refractivity contribution is 0.0953. The SMILES string of the molecule is CCn1c(=O)[nH]c(=O)c2c(C(=O)NCCCCOc3ccc(C)cc3)cc(C(C)C)nc21. The van der Waals surface area contributed by atoms with Gasteiger partial charge in [-0.1, -0.05) is 31.5 Å². The number of carbonyl (C=O) groups is 1. The van der Waals surface area contributed by atoms with Crippen LogP contribution in [0.5, 0.6) is 5.75 Å². The predicted octanol–water partition coefficient (Wildman–Crippen LogP) is 3.13. The molecule has 1 aromatic carbocycles. The summed E-state index contributed by atoms with van der Waals surface area (Å²) in [6.45, 7) is 9.05. The molecule has 0 spiro atoms. The molecule has 0 unspecified atom stereocenters. The Kier molecular flexibility index (Phi) is 7.45. The molecule has 3 rings (SSSR count). The Bertz CT molecular complexity index is 1210. The van der Waals surface area contributed by atoms with Gasteiger partial charge in [-0.15, -0.1) is 0 Å². The molecule has 0 saturated carbocycles. The summed E-state index contributed by atoms with van der Waals surface area (Å²) in [7, 11) is 0. The molecule has 1 amide bonds. The number of carbonyl (C=O) groups excluding carboxylic acids is 1. The summed E-state index contributed by atoms with van der Waals surface area (Å²) in [4.78, 5) is 44.5. The fourth-order valence-electron chi connectivity index (χ4n) is 3.41. The Morgan fingerprint density at radius 3 is 2.56 bits per heavy atom. The van der Waals surface area contributed by atoms with Crippen molar-refractivity contribution in [3.63, 3.8) is 0 Å². The van der Waals surface area contributed by atoms with Crippen LogP contribution in [0.1, 0.15) is 61.1 Å². The molecule has 0 atom stereocenters. The van der Waals surface area contributed by atoms with Crippen molar-refractivity contribution in [1.82, 2.24) is 19.9 Å². The molecule has 2 N–H and O–H groups in total. The Morgan fingerprint density at radius 2 is 1.91 bits per heavy atom. The van der Waals surface area contributed by atoms with Gasteiger partial charge in [0.15, 0.2) is 5.65 Å². The molecule has 0 aliphatic carbocycles. The Balaban J connectivity index is 1.71. The molecule has 0 saturated heterocycles. The van der Waals surface area contributed by atoms with Crippen molar-refractivity contribution >= 4 is 16.9 Å². The predicted molar refractivity (Wildman–Crippen MR) is 125 cm³/mol. The van der Waals surface area contributed by atoms with Crippen molar-refractivity contribution < 1.29 is 9.53 Å². The number of amides is 1. The summed E-state index contributed by atoms with van der Waals surface area (Å²) < 4.78 is 7.08. The van der Waals surface area contributed by atoms with Gasteiger partial charge in [0.2, 0.25) is 0 Å². The second-order valence-electron chi connectivity index (χ2n) is 8.08. The van der Waals surface area contributed by atoms with E-state index in [0.29, 0.717) is 25.4 Å². The van der Waals surface area contributed by atoms with Crippen molar-refractivity contribution in [2.45, 2.75) is 53.0 Å². The minimum absolute atomic E-state index is 0.0320.